The summed E-state index contributed by atoms with van der Waals surface area (Å²) in [6, 6.07) is 0.651. The number of rotatable bonds is 2. The second-order valence-electron chi connectivity index (χ2n) is 8.60. The second kappa shape index (κ2) is 9.13. The maximum absolute atomic E-state index is 11.2. The van der Waals surface area contributed by atoms with Gasteiger partial charge in [0, 0.05) is 49.3 Å². The van der Waals surface area contributed by atoms with Crippen molar-refractivity contribution < 1.29 is 9.90 Å². The highest BCUT2D eigenvalue weighted by Gasteiger charge is 2.27. The molecule has 1 aliphatic rings. The molecule has 6 nitrogen and oxygen atoms in total. The van der Waals surface area contributed by atoms with Gasteiger partial charge in [-0.2, -0.15) is 0 Å². The molecule has 0 saturated carbocycles. The Balaban J connectivity index is 2.81. The summed E-state index contributed by atoms with van der Waals surface area (Å²) in [4.78, 5) is 13.3. The molecular formula is C18H38N4O2. The summed E-state index contributed by atoms with van der Waals surface area (Å²) in [5.74, 6) is -0.759. The molecule has 0 spiro atoms. The molecule has 1 rings (SSSR count). The van der Waals surface area contributed by atoms with Crippen LogP contribution in [-0.4, -0.2) is 71.9 Å². The standard InChI is InChI=1S/C18H38N4O2/c1-14-11-17(3,4)21-9-10-22(13-16(23)24)15(2)12-18(5,6)20-8-7-19-14/h14-15,19-21H,7-13H2,1-6H3,(H,23,24). The van der Waals surface area contributed by atoms with Crippen LogP contribution < -0.4 is 16.0 Å². The lowest BCUT2D eigenvalue weighted by molar-refractivity contribution is -0.139. The fourth-order valence-electron chi connectivity index (χ4n) is 3.74. The van der Waals surface area contributed by atoms with E-state index in [-0.39, 0.29) is 23.7 Å². The summed E-state index contributed by atoms with van der Waals surface area (Å²) in [5, 5.41) is 20.0. The van der Waals surface area contributed by atoms with E-state index in [1.807, 2.05) is 0 Å². The van der Waals surface area contributed by atoms with Crippen LogP contribution in [-0.2, 0) is 4.79 Å². The molecule has 2 atom stereocenters. The highest BCUT2D eigenvalue weighted by molar-refractivity contribution is 5.69. The van der Waals surface area contributed by atoms with Crippen LogP contribution in [0.3, 0.4) is 0 Å². The largest absolute Gasteiger partial charge is 0.480 e. The summed E-state index contributed by atoms with van der Waals surface area (Å²) in [6.45, 7) is 16.6. The van der Waals surface area contributed by atoms with Crippen molar-refractivity contribution in [2.75, 3.05) is 32.7 Å². The van der Waals surface area contributed by atoms with E-state index < -0.39 is 5.97 Å². The summed E-state index contributed by atoms with van der Waals surface area (Å²) >= 11 is 0. The normalized spacial score (nSPS) is 30.4. The number of nitrogens with zero attached hydrogens (tertiary/aromatic N) is 1. The van der Waals surface area contributed by atoms with Gasteiger partial charge in [0.05, 0.1) is 6.54 Å². The molecular weight excluding hydrogens is 304 g/mol. The lowest BCUT2D eigenvalue weighted by Crippen LogP contribution is -2.53. The molecule has 0 aromatic heterocycles. The molecule has 0 aliphatic carbocycles. The van der Waals surface area contributed by atoms with Crippen LogP contribution in [0.2, 0.25) is 0 Å². The zero-order valence-electron chi connectivity index (χ0n) is 16.4. The van der Waals surface area contributed by atoms with Crippen LogP contribution in [0, 0.1) is 0 Å². The molecule has 1 aliphatic heterocycles. The molecule has 0 radical (unpaired) electrons. The Hall–Kier alpha value is -0.690. The topological polar surface area (TPSA) is 76.6 Å². The van der Waals surface area contributed by atoms with Gasteiger partial charge in [0.25, 0.3) is 0 Å². The fraction of sp³-hybridized carbons (Fsp3) is 0.944. The molecule has 0 aromatic rings. The molecule has 0 aromatic carbocycles. The minimum absolute atomic E-state index is 0.0160. The van der Waals surface area contributed by atoms with E-state index >= 15 is 0 Å². The van der Waals surface area contributed by atoms with Crippen LogP contribution in [0.15, 0.2) is 0 Å². The van der Waals surface area contributed by atoms with E-state index in [1.165, 1.54) is 0 Å². The van der Waals surface area contributed by atoms with Crippen molar-refractivity contribution >= 4 is 5.97 Å². The number of carboxylic acids is 1. The molecule has 4 N–H and O–H groups in total. The summed E-state index contributed by atoms with van der Waals surface area (Å²) in [5.41, 5.74) is 0.0132. The summed E-state index contributed by atoms with van der Waals surface area (Å²) in [7, 11) is 0. The number of nitrogens with one attached hydrogen (secondary N) is 3. The molecule has 2 unspecified atom stereocenters. The van der Waals surface area contributed by atoms with E-state index in [9.17, 15) is 9.90 Å². The van der Waals surface area contributed by atoms with Gasteiger partial charge in [-0.15, -0.1) is 0 Å². The van der Waals surface area contributed by atoms with Gasteiger partial charge in [0.15, 0.2) is 0 Å². The Labute approximate surface area is 147 Å². The monoisotopic (exact) mass is 342 g/mol. The third-order valence-electron chi connectivity index (χ3n) is 4.81. The van der Waals surface area contributed by atoms with Gasteiger partial charge < -0.3 is 21.1 Å². The number of carboxylic acid groups (broad SMARTS) is 1. The van der Waals surface area contributed by atoms with Crippen LogP contribution in [0.1, 0.15) is 54.4 Å². The predicted octanol–water partition coefficient (Wildman–Crippen LogP) is 1.27. The second-order valence-corrected chi connectivity index (χ2v) is 8.60. The third-order valence-corrected chi connectivity index (χ3v) is 4.81. The van der Waals surface area contributed by atoms with E-state index in [0.717, 1.165) is 39.0 Å². The molecule has 1 saturated heterocycles. The molecule has 1 heterocycles. The van der Waals surface area contributed by atoms with Crippen molar-refractivity contribution in [2.24, 2.45) is 0 Å². The van der Waals surface area contributed by atoms with Gasteiger partial charge in [0.2, 0.25) is 0 Å². The van der Waals surface area contributed by atoms with E-state index in [4.69, 9.17) is 0 Å². The van der Waals surface area contributed by atoms with Crippen molar-refractivity contribution in [3.63, 3.8) is 0 Å². The molecule has 1 fully saturated rings. The minimum atomic E-state index is -0.759. The Kier molecular flexibility index (Phi) is 8.12. The maximum atomic E-state index is 11.2. The van der Waals surface area contributed by atoms with Gasteiger partial charge in [-0.3, -0.25) is 9.69 Å². The maximum Gasteiger partial charge on any atom is 0.317 e. The van der Waals surface area contributed by atoms with Crippen LogP contribution in [0.4, 0.5) is 0 Å². The Bertz CT molecular complexity index is 398. The van der Waals surface area contributed by atoms with Gasteiger partial charge in [-0.25, -0.2) is 0 Å². The molecule has 0 amide bonds. The van der Waals surface area contributed by atoms with Crippen molar-refractivity contribution in [1.29, 1.82) is 0 Å². The first-order valence-electron chi connectivity index (χ1n) is 9.20. The quantitative estimate of drug-likeness (QED) is 0.605. The van der Waals surface area contributed by atoms with Gasteiger partial charge >= 0.3 is 5.97 Å². The van der Waals surface area contributed by atoms with Crippen LogP contribution in [0.25, 0.3) is 0 Å². The van der Waals surface area contributed by atoms with Gasteiger partial charge in [0.1, 0.15) is 0 Å². The predicted molar refractivity (Wildman–Crippen MR) is 99.5 cm³/mol. The minimum Gasteiger partial charge on any atom is -0.480 e. The lowest BCUT2D eigenvalue weighted by Gasteiger charge is -2.37. The summed E-state index contributed by atoms with van der Waals surface area (Å²) in [6.07, 6.45) is 1.95. The number of carbonyl (C=O) groups is 1. The average Bonchev–Trinajstić information content (AvgIpc) is 2.40. The highest BCUT2D eigenvalue weighted by atomic mass is 16.4. The Morgan fingerprint density at radius 1 is 1.04 bits per heavy atom. The number of aliphatic carboxylic acids is 1. The van der Waals surface area contributed by atoms with E-state index in [0.29, 0.717) is 6.04 Å². The first kappa shape index (κ1) is 21.4. The Morgan fingerprint density at radius 3 is 2.25 bits per heavy atom. The SMILES string of the molecule is CC1CC(C)(C)NCCN(CC(=O)O)C(C)CC(C)(C)NCCN1. The third kappa shape index (κ3) is 8.42. The van der Waals surface area contributed by atoms with Crippen LogP contribution >= 0.6 is 0 Å². The zero-order chi connectivity index (χ0) is 18.4. The van der Waals surface area contributed by atoms with E-state index in [1.54, 1.807) is 0 Å². The number of hydrogen-bond acceptors (Lipinski definition) is 5. The van der Waals surface area contributed by atoms with Gasteiger partial charge in [-0.05, 0) is 54.4 Å². The van der Waals surface area contributed by atoms with Gasteiger partial charge in [-0.1, -0.05) is 0 Å². The smallest absolute Gasteiger partial charge is 0.317 e. The molecule has 0 bridgehead atoms. The summed E-state index contributed by atoms with van der Waals surface area (Å²) < 4.78 is 0. The molecule has 142 valence electrons. The first-order chi connectivity index (χ1) is 11.0. The van der Waals surface area contributed by atoms with Crippen molar-refractivity contribution in [2.45, 2.75) is 77.5 Å². The molecule has 24 heavy (non-hydrogen) atoms. The Morgan fingerprint density at radius 2 is 1.62 bits per heavy atom. The van der Waals surface area contributed by atoms with Crippen LogP contribution in [0.5, 0.6) is 0 Å². The zero-order valence-corrected chi connectivity index (χ0v) is 16.4. The van der Waals surface area contributed by atoms with Crippen molar-refractivity contribution in [3.05, 3.63) is 0 Å². The lowest BCUT2D eigenvalue weighted by atomic mass is 9.94. The fourth-order valence-corrected chi connectivity index (χ4v) is 3.74. The van der Waals surface area contributed by atoms with Crippen molar-refractivity contribution in [1.82, 2.24) is 20.9 Å². The number of hydrogen-bond donors (Lipinski definition) is 4. The first-order valence-corrected chi connectivity index (χ1v) is 9.20. The van der Waals surface area contributed by atoms with Crippen molar-refractivity contribution in [3.8, 4) is 0 Å². The van der Waals surface area contributed by atoms with E-state index in [2.05, 4.69) is 62.4 Å². The average molecular weight is 343 g/mol. The highest BCUT2D eigenvalue weighted by Crippen LogP contribution is 2.17. The molecule has 6 heteroatoms.